The molecule has 3 unspecified atom stereocenters. The van der Waals surface area contributed by atoms with E-state index < -0.39 is 70.9 Å². The number of alkyl halides is 6. The molecule has 0 aromatic carbocycles. The standard InChI is InChI=1S/C27H35F6N5O4/c1-23(2,3)18(36-21(41)17(26(28,29)30)27(31,32)33)22(42)38-11-14-15(24(14,4)5)16(38)20(40)35-13(10-34)8-12-9-25(6-7-25)37-19(12)39/h12-18H,6-9,11H2,1-5H3,(H,35,40)(H,36,41)(H,37,39)/t12-,13+,14?,15?,16?,18-/m1/s1. The molecule has 0 aromatic heterocycles. The van der Waals surface area contributed by atoms with Crippen molar-refractivity contribution < 1.29 is 45.5 Å². The molecule has 42 heavy (non-hydrogen) atoms. The molecule has 2 aliphatic heterocycles. The van der Waals surface area contributed by atoms with Crippen molar-refractivity contribution in [3.8, 4) is 6.07 Å². The minimum Gasteiger partial charge on any atom is -0.350 e. The summed E-state index contributed by atoms with van der Waals surface area (Å²) < 4.78 is 79.3. The smallest absolute Gasteiger partial charge is 0.350 e. The van der Waals surface area contributed by atoms with Crippen LogP contribution >= 0.6 is 0 Å². The molecule has 2 aliphatic carbocycles. The third-order valence-corrected chi connectivity index (χ3v) is 9.32. The third-order valence-electron chi connectivity index (χ3n) is 9.32. The summed E-state index contributed by atoms with van der Waals surface area (Å²) in [5.41, 5.74) is -1.97. The van der Waals surface area contributed by atoms with Gasteiger partial charge >= 0.3 is 12.4 Å². The molecule has 4 aliphatic rings. The van der Waals surface area contributed by atoms with Crippen LogP contribution in [-0.4, -0.2) is 71.1 Å². The van der Waals surface area contributed by atoms with Crippen molar-refractivity contribution in [1.29, 1.82) is 5.26 Å². The highest BCUT2D eigenvalue weighted by atomic mass is 19.4. The van der Waals surface area contributed by atoms with Gasteiger partial charge in [0.1, 0.15) is 18.1 Å². The van der Waals surface area contributed by atoms with Gasteiger partial charge in [-0.15, -0.1) is 0 Å². The van der Waals surface area contributed by atoms with E-state index >= 15 is 0 Å². The SMILES string of the molecule is CC1(C)C2CN(C(=O)[C@@H](NC(=O)C(C(F)(F)F)C(F)(F)F)C(C)(C)C)C(C(=O)N[C@H](C#N)C[C@@H]3CC4(CC4)NC3=O)C21. The summed E-state index contributed by atoms with van der Waals surface area (Å²) in [6.45, 7) is 7.82. The molecule has 2 heterocycles. The number of hydrogen-bond donors (Lipinski definition) is 3. The lowest BCUT2D eigenvalue weighted by atomic mass is 9.84. The van der Waals surface area contributed by atoms with Crippen molar-refractivity contribution in [2.75, 3.05) is 6.54 Å². The van der Waals surface area contributed by atoms with Gasteiger partial charge in [-0.25, -0.2) is 0 Å². The minimum atomic E-state index is -5.95. The summed E-state index contributed by atoms with van der Waals surface area (Å²) >= 11 is 0. The zero-order chi connectivity index (χ0) is 31.8. The first-order chi connectivity index (χ1) is 19.0. The van der Waals surface area contributed by atoms with Crippen molar-refractivity contribution in [2.45, 2.75) is 96.3 Å². The Morgan fingerprint density at radius 2 is 1.64 bits per heavy atom. The first-order valence-corrected chi connectivity index (χ1v) is 13.8. The van der Waals surface area contributed by atoms with Gasteiger partial charge in [-0.1, -0.05) is 34.6 Å². The predicted octanol–water partition coefficient (Wildman–Crippen LogP) is 2.81. The fourth-order valence-electron chi connectivity index (χ4n) is 6.67. The number of carbonyl (C=O) groups is 4. The molecule has 2 saturated heterocycles. The van der Waals surface area contributed by atoms with Gasteiger partial charge in [-0.2, -0.15) is 31.6 Å². The largest absolute Gasteiger partial charge is 0.409 e. The number of carbonyl (C=O) groups excluding carboxylic acids is 4. The zero-order valence-corrected chi connectivity index (χ0v) is 23.9. The van der Waals surface area contributed by atoms with Crippen LogP contribution in [0.4, 0.5) is 26.3 Å². The Bertz CT molecular complexity index is 1190. The number of amides is 4. The minimum absolute atomic E-state index is 0.0101. The van der Waals surface area contributed by atoms with Gasteiger partial charge in [0.15, 0.2) is 0 Å². The van der Waals surface area contributed by atoms with E-state index in [-0.39, 0.29) is 36.2 Å². The molecular weight excluding hydrogens is 572 g/mol. The van der Waals surface area contributed by atoms with E-state index in [4.69, 9.17) is 0 Å². The molecule has 9 nitrogen and oxygen atoms in total. The van der Waals surface area contributed by atoms with Gasteiger partial charge in [0.25, 0.3) is 0 Å². The second-order valence-corrected chi connectivity index (χ2v) is 13.8. The molecule has 234 valence electrons. The number of rotatable bonds is 7. The number of nitrogens with zero attached hydrogens (tertiary/aromatic N) is 2. The Hall–Kier alpha value is -3.05. The van der Waals surface area contributed by atoms with Gasteiger partial charge in [-0.05, 0) is 48.3 Å². The summed E-state index contributed by atoms with van der Waals surface area (Å²) in [5, 5.41) is 16.9. The molecule has 6 atom stereocenters. The maximum atomic E-state index is 13.7. The highest BCUT2D eigenvalue weighted by molar-refractivity contribution is 5.94. The number of likely N-dealkylation sites (tertiary alicyclic amines) is 1. The quantitative estimate of drug-likeness (QED) is 0.383. The number of halogens is 6. The number of fused-ring (bicyclic) bond motifs is 1. The fourth-order valence-corrected chi connectivity index (χ4v) is 6.67. The zero-order valence-electron chi connectivity index (χ0n) is 23.9. The molecule has 4 rings (SSSR count). The van der Waals surface area contributed by atoms with Crippen LogP contribution in [0.15, 0.2) is 0 Å². The van der Waals surface area contributed by atoms with Crippen molar-refractivity contribution in [3.63, 3.8) is 0 Å². The van der Waals surface area contributed by atoms with E-state index in [9.17, 15) is 50.8 Å². The van der Waals surface area contributed by atoms with Gasteiger partial charge in [0, 0.05) is 18.0 Å². The van der Waals surface area contributed by atoms with Gasteiger partial charge in [0.05, 0.1) is 6.07 Å². The third kappa shape index (κ3) is 5.90. The Morgan fingerprint density at radius 1 is 1.07 bits per heavy atom. The first kappa shape index (κ1) is 31.9. The summed E-state index contributed by atoms with van der Waals surface area (Å²) in [7, 11) is 0. The molecule has 1 spiro atoms. The van der Waals surface area contributed by atoms with E-state index in [0.29, 0.717) is 6.42 Å². The monoisotopic (exact) mass is 607 g/mol. The van der Waals surface area contributed by atoms with Crippen LogP contribution in [0.2, 0.25) is 0 Å². The van der Waals surface area contributed by atoms with E-state index in [2.05, 4.69) is 10.6 Å². The summed E-state index contributed by atoms with van der Waals surface area (Å²) in [6, 6.07) is -2.10. The predicted molar refractivity (Wildman–Crippen MR) is 134 cm³/mol. The Balaban J connectivity index is 1.54. The highest BCUT2D eigenvalue weighted by Gasteiger charge is 2.70. The van der Waals surface area contributed by atoms with Crippen LogP contribution in [0, 0.1) is 45.8 Å². The topological polar surface area (TPSA) is 131 Å². The number of nitriles is 1. The van der Waals surface area contributed by atoms with E-state index in [1.807, 2.05) is 19.9 Å². The van der Waals surface area contributed by atoms with E-state index in [0.717, 1.165) is 17.7 Å². The van der Waals surface area contributed by atoms with E-state index in [1.54, 1.807) is 5.32 Å². The normalized spacial score (nSPS) is 28.9. The van der Waals surface area contributed by atoms with Gasteiger partial charge in [0.2, 0.25) is 29.5 Å². The first-order valence-electron chi connectivity index (χ1n) is 13.8. The molecule has 4 amide bonds. The lowest BCUT2D eigenvalue weighted by molar-refractivity contribution is -0.274. The lowest BCUT2D eigenvalue weighted by Crippen LogP contribution is -2.61. The van der Waals surface area contributed by atoms with Crippen molar-refractivity contribution in [1.82, 2.24) is 20.9 Å². The average Bonchev–Trinajstić information content (AvgIpc) is 3.53. The number of hydrogen-bond acceptors (Lipinski definition) is 5. The number of piperidine rings is 1. The molecular formula is C27H35F6N5O4. The van der Waals surface area contributed by atoms with Crippen molar-refractivity contribution >= 4 is 23.6 Å². The Labute approximate surface area is 239 Å². The second kappa shape index (κ2) is 10.0. The second-order valence-electron chi connectivity index (χ2n) is 13.8. The molecule has 3 N–H and O–H groups in total. The lowest BCUT2D eigenvalue weighted by Gasteiger charge is -2.38. The molecule has 15 heteroatoms. The molecule has 0 radical (unpaired) electrons. The van der Waals surface area contributed by atoms with Gasteiger partial charge < -0.3 is 20.9 Å². The Morgan fingerprint density at radius 3 is 2.10 bits per heavy atom. The molecule has 0 aromatic rings. The van der Waals surface area contributed by atoms with Gasteiger partial charge in [-0.3, -0.25) is 19.2 Å². The summed E-state index contributed by atoms with van der Waals surface area (Å²) in [5.74, 6) is -9.74. The summed E-state index contributed by atoms with van der Waals surface area (Å²) in [6.07, 6.45) is -9.63. The maximum Gasteiger partial charge on any atom is 0.409 e. The van der Waals surface area contributed by atoms with Crippen LogP contribution in [0.1, 0.15) is 60.3 Å². The number of nitrogens with one attached hydrogen (secondary N) is 3. The Kier molecular flexibility index (Phi) is 7.60. The van der Waals surface area contributed by atoms with Crippen LogP contribution in [-0.2, 0) is 19.2 Å². The average molecular weight is 608 g/mol. The van der Waals surface area contributed by atoms with Crippen LogP contribution in [0.3, 0.4) is 0 Å². The molecule has 4 fully saturated rings. The van der Waals surface area contributed by atoms with E-state index in [1.165, 1.54) is 20.8 Å². The van der Waals surface area contributed by atoms with Crippen molar-refractivity contribution in [2.24, 2.45) is 34.5 Å². The van der Waals surface area contributed by atoms with Crippen LogP contribution in [0.25, 0.3) is 0 Å². The van der Waals surface area contributed by atoms with Crippen molar-refractivity contribution in [3.05, 3.63) is 0 Å². The fraction of sp³-hybridized carbons (Fsp3) is 0.815. The maximum absolute atomic E-state index is 13.7. The highest BCUT2D eigenvalue weighted by Crippen LogP contribution is 2.65. The summed E-state index contributed by atoms with van der Waals surface area (Å²) in [4.78, 5) is 53.1. The van der Waals surface area contributed by atoms with Crippen LogP contribution in [0.5, 0.6) is 0 Å². The van der Waals surface area contributed by atoms with Crippen LogP contribution < -0.4 is 16.0 Å². The molecule has 2 saturated carbocycles. The molecule has 0 bridgehead atoms.